The highest BCUT2D eigenvalue weighted by Crippen LogP contribution is 2.35. The Labute approximate surface area is 73.1 Å². The third-order valence-corrected chi connectivity index (χ3v) is 2.80. The molecule has 0 saturated carbocycles. The fourth-order valence-electron chi connectivity index (χ4n) is 2.13. The zero-order valence-corrected chi connectivity index (χ0v) is 7.67. The standard InChI is InChI=1S/C10H14N2/c1-3-8-4-5-9-10(8)7(2)11-6-12-9/h6,8H,3-5H2,1-2H3. The molecule has 0 bridgehead atoms. The number of hydrogen-bond donors (Lipinski definition) is 0. The van der Waals surface area contributed by atoms with Gasteiger partial charge in [0.15, 0.2) is 0 Å². The van der Waals surface area contributed by atoms with E-state index in [0.29, 0.717) is 0 Å². The van der Waals surface area contributed by atoms with Gasteiger partial charge in [0.1, 0.15) is 6.33 Å². The van der Waals surface area contributed by atoms with Gasteiger partial charge in [-0.15, -0.1) is 0 Å². The van der Waals surface area contributed by atoms with Gasteiger partial charge < -0.3 is 0 Å². The van der Waals surface area contributed by atoms with Crippen molar-refractivity contribution in [1.82, 2.24) is 9.97 Å². The van der Waals surface area contributed by atoms with Gasteiger partial charge in [-0.2, -0.15) is 0 Å². The largest absolute Gasteiger partial charge is 0.241 e. The van der Waals surface area contributed by atoms with Gasteiger partial charge >= 0.3 is 0 Å². The minimum Gasteiger partial charge on any atom is -0.241 e. The first-order valence-corrected chi connectivity index (χ1v) is 4.63. The Hall–Kier alpha value is -0.920. The zero-order chi connectivity index (χ0) is 8.55. The SMILES string of the molecule is CCC1CCc2ncnc(C)c21. The van der Waals surface area contributed by atoms with E-state index in [0.717, 1.165) is 12.3 Å². The number of fused-ring (bicyclic) bond motifs is 1. The lowest BCUT2D eigenvalue weighted by atomic mass is 9.99. The lowest BCUT2D eigenvalue weighted by molar-refractivity contribution is 0.651. The van der Waals surface area contributed by atoms with Gasteiger partial charge in [-0.3, -0.25) is 0 Å². The molecule has 0 N–H and O–H groups in total. The summed E-state index contributed by atoms with van der Waals surface area (Å²) in [7, 11) is 0. The highest BCUT2D eigenvalue weighted by atomic mass is 14.8. The van der Waals surface area contributed by atoms with E-state index in [4.69, 9.17) is 0 Å². The lowest BCUT2D eigenvalue weighted by Crippen LogP contribution is -1.98. The molecule has 0 radical (unpaired) electrons. The van der Waals surface area contributed by atoms with Crippen molar-refractivity contribution in [2.75, 3.05) is 0 Å². The molecule has 1 aliphatic carbocycles. The Bertz CT molecular complexity index is 294. The molecule has 1 aliphatic rings. The Kier molecular flexibility index (Phi) is 1.83. The maximum absolute atomic E-state index is 4.31. The molecule has 0 spiro atoms. The molecule has 1 heterocycles. The molecular formula is C10H14N2. The predicted octanol–water partition coefficient (Wildman–Crippen LogP) is 2.22. The zero-order valence-electron chi connectivity index (χ0n) is 7.67. The Morgan fingerprint density at radius 3 is 3.08 bits per heavy atom. The van der Waals surface area contributed by atoms with Crippen molar-refractivity contribution in [3.63, 3.8) is 0 Å². The molecule has 2 heteroatoms. The van der Waals surface area contributed by atoms with Crippen LogP contribution in [0.25, 0.3) is 0 Å². The van der Waals surface area contributed by atoms with E-state index in [1.54, 1.807) is 6.33 Å². The number of rotatable bonds is 1. The van der Waals surface area contributed by atoms with E-state index in [-0.39, 0.29) is 0 Å². The Morgan fingerprint density at radius 1 is 1.50 bits per heavy atom. The fraction of sp³-hybridized carbons (Fsp3) is 0.600. The number of hydrogen-bond acceptors (Lipinski definition) is 2. The predicted molar refractivity (Wildman–Crippen MR) is 48.1 cm³/mol. The topological polar surface area (TPSA) is 25.8 Å². The monoisotopic (exact) mass is 162 g/mol. The second kappa shape index (κ2) is 2.85. The van der Waals surface area contributed by atoms with Crippen LogP contribution in [0.4, 0.5) is 0 Å². The van der Waals surface area contributed by atoms with E-state index in [9.17, 15) is 0 Å². The van der Waals surface area contributed by atoms with E-state index < -0.39 is 0 Å². The van der Waals surface area contributed by atoms with E-state index in [1.165, 1.54) is 29.8 Å². The minimum absolute atomic E-state index is 0.723. The van der Waals surface area contributed by atoms with Crippen molar-refractivity contribution in [3.05, 3.63) is 23.3 Å². The summed E-state index contributed by atoms with van der Waals surface area (Å²) in [6, 6.07) is 0. The second-order valence-corrected chi connectivity index (χ2v) is 3.46. The molecule has 2 nitrogen and oxygen atoms in total. The van der Waals surface area contributed by atoms with Gasteiger partial charge in [0.25, 0.3) is 0 Å². The van der Waals surface area contributed by atoms with Crippen LogP contribution in [0.1, 0.15) is 42.6 Å². The summed E-state index contributed by atoms with van der Waals surface area (Å²) in [5.74, 6) is 0.723. The van der Waals surface area contributed by atoms with Crippen LogP contribution in [0.2, 0.25) is 0 Å². The highest BCUT2D eigenvalue weighted by Gasteiger charge is 2.23. The van der Waals surface area contributed by atoms with Crippen molar-refractivity contribution < 1.29 is 0 Å². The van der Waals surface area contributed by atoms with Crippen molar-refractivity contribution in [1.29, 1.82) is 0 Å². The van der Waals surface area contributed by atoms with Gasteiger partial charge in [-0.1, -0.05) is 6.92 Å². The molecule has 1 aromatic rings. The van der Waals surface area contributed by atoms with E-state index in [1.807, 2.05) is 0 Å². The molecular weight excluding hydrogens is 148 g/mol. The number of aromatic nitrogens is 2. The van der Waals surface area contributed by atoms with Gasteiger partial charge in [-0.05, 0) is 37.7 Å². The molecule has 64 valence electrons. The van der Waals surface area contributed by atoms with Crippen LogP contribution in [0.3, 0.4) is 0 Å². The minimum atomic E-state index is 0.723. The van der Waals surface area contributed by atoms with Crippen LogP contribution in [0, 0.1) is 6.92 Å². The molecule has 0 aromatic carbocycles. The summed E-state index contributed by atoms with van der Waals surface area (Å²) in [6.07, 6.45) is 5.33. The van der Waals surface area contributed by atoms with Crippen molar-refractivity contribution in [3.8, 4) is 0 Å². The van der Waals surface area contributed by atoms with E-state index >= 15 is 0 Å². The molecule has 12 heavy (non-hydrogen) atoms. The van der Waals surface area contributed by atoms with Gasteiger partial charge in [0.2, 0.25) is 0 Å². The third kappa shape index (κ3) is 1.02. The first kappa shape index (κ1) is 7.71. The summed E-state index contributed by atoms with van der Waals surface area (Å²) < 4.78 is 0. The first-order chi connectivity index (χ1) is 5.83. The van der Waals surface area contributed by atoms with Gasteiger partial charge in [0, 0.05) is 11.4 Å². The maximum atomic E-state index is 4.31. The van der Waals surface area contributed by atoms with Crippen LogP contribution in [0.5, 0.6) is 0 Å². The Balaban J connectivity index is 2.48. The summed E-state index contributed by atoms with van der Waals surface area (Å²) in [6.45, 7) is 4.33. The molecule has 0 aliphatic heterocycles. The van der Waals surface area contributed by atoms with Crippen LogP contribution in [-0.4, -0.2) is 9.97 Å². The number of aryl methyl sites for hydroxylation is 2. The average molecular weight is 162 g/mol. The van der Waals surface area contributed by atoms with E-state index in [2.05, 4.69) is 23.8 Å². The second-order valence-electron chi connectivity index (χ2n) is 3.46. The summed E-state index contributed by atoms with van der Waals surface area (Å²) in [5.41, 5.74) is 3.90. The van der Waals surface area contributed by atoms with Crippen molar-refractivity contribution in [2.45, 2.75) is 39.0 Å². The molecule has 0 fully saturated rings. The van der Waals surface area contributed by atoms with Crippen molar-refractivity contribution >= 4 is 0 Å². The number of nitrogens with zero attached hydrogens (tertiary/aromatic N) is 2. The quantitative estimate of drug-likeness (QED) is 0.632. The van der Waals surface area contributed by atoms with Crippen LogP contribution in [0.15, 0.2) is 6.33 Å². The summed E-state index contributed by atoms with van der Waals surface area (Å²) >= 11 is 0. The van der Waals surface area contributed by atoms with Gasteiger partial charge in [-0.25, -0.2) is 9.97 Å². The molecule has 1 aromatic heterocycles. The normalized spacial score (nSPS) is 21.0. The molecule has 1 atom stereocenters. The van der Waals surface area contributed by atoms with Gasteiger partial charge in [0.05, 0.1) is 0 Å². The highest BCUT2D eigenvalue weighted by molar-refractivity contribution is 5.32. The lowest BCUT2D eigenvalue weighted by Gasteiger charge is -2.08. The van der Waals surface area contributed by atoms with Crippen LogP contribution in [-0.2, 0) is 6.42 Å². The average Bonchev–Trinajstić information content (AvgIpc) is 2.49. The smallest absolute Gasteiger partial charge is 0.115 e. The summed E-state index contributed by atoms with van der Waals surface area (Å²) in [4.78, 5) is 8.55. The third-order valence-electron chi connectivity index (χ3n) is 2.80. The fourth-order valence-corrected chi connectivity index (χ4v) is 2.13. The first-order valence-electron chi connectivity index (χ1n) is 4.63. The van der Waals surface area contributed by atoms with Crippen LogP contribution < -0.4 is 0 Å². The Morgan fingerprint density at radius 2 is 2.33 bits per heavy atom. The molecule has 0 amide bonds. The molecule has 2 rings (SSSR count). The molecule has 1 unspecified atom stereocenters. The maximum Gasteiger partial charge on any atom is 0.115 e. The molecule has 0 saturated heterocycles. The van der Waals surface area contributed by atoms with Crippen LogP contribution >= 0.6 is 0 Å². The summed E-state index contributed by atoms with van der Waals surface area (Å²) in [5, 5.41) is 0. The van der Waals surface area contributed by atoms with Crippen molar-refractivity contribution in [2.24, 2.45) is 0 Å².